The Hall–Kier alpha value is -1.34. The molecule has 1 aromatic rings. The van der Waals surface area contributed by atoms with Crippen molar-refractivity contribution in [1.29, 1.82) is 0 Å². The van der Waals surface area contributed by atoms with Gasteiger partial charge in [-0.05, 0) is 19.1 Å². The fraction of sp³-hybridized carbons (Fsp3) is 0.333. The van der Waals surface area contributed by atoms with Crippen molar-refractivity contribution in [1.82, 2.24) is 0 Å². The minimum absolute atomic E-state index is 0.0873. The van der Waals surface area contributed by atoms with Crippen molar-refractivity contribution in [3.8, 4) is 0 Å². The molecule has 3 nitrogen and oxygen atoms in total. The van der Waals surface area contributed by atoms with Crippen molar-refractivity contribution in [3.63, 3.8) is 0 Å². The molecule has 19 heavy (non-hydrogen) atoms. The van der Waals surface area contributed by atoms with Crippen LogP contribution in [0.15, 0.2) is 41.3 Å². The monoisotopic (exact) mass is 294 g/mol. The first-order valence-corrected chi connectivity index (χ1v) is 6.75. The van der Waals surface area contributed by atoms with Gasteiger partial charge in [-0.2, -0.15) is 21.6 Å². The molecular weight excluding hydrogens is 281 g/mol. The summed E-state index contributed by atoms with van der Waals surface area (Å²) >= 11 is 0. The molecule has 0 amide bonds. The molecule has 0 atom stereocenters. The van der Waals surface area contributed by atoms with Gasteiger partial charge in [0.1, 0.15) is 0 Å². The summed E-state index contributed by atoms with van der Waals surface area (Å²) in [4.78, 5) is -0.0873. The highest BCUT2D eigenvalue weighted by Gasteiger charge is 2.31. The molecule has 7 heteroatoms. The van der Waals surface area contributed by atoms with Gasteiger partial charge in [-0.15, -0.1) is 0 Å². The van der Waals surface area contributed by atoms with E-state index >= 15 is 0 Å². The Balaban J connectivity index is 2.62. The van der Waals surface area contributed by atoms with Gasteiger partial charge in [0.2, 0.25) is 0 Å². The maximum Gasteiger partial charge on any atom is 0.412 e. The van der Waals surface area contributed by atoms with Gasteiger partial charge in [0.05, 0.1) is 11.5 Å². The summed E-state index contributed by atoms with van der Waals surface area (Å²) in [5.41, 5.74) is -0.156. The third-order valence-electron chi connectivity index (χ3n) is 2.35. The Bertz CT molecular complexity index is 545. The molecule has 1 rings (SSSR count). The van der Waals surface area contributed by atoms with Crippen LogP contribution in [0.5, 0.6) is 0 Å². The largest absolute Gasteiger partial charge is 0.412 e. The Morgan fingerprint density at radius 1 is 1.26 bits per heavy atom. The minimum Gasteiger partial charge on any atom is -0.266 e. The molecule has 0 spiro atoms. The van der Waals surface area contributed by atoms with Crippen molar-refractivity contribution < 1.29 is 25.8 Å². The van der Waals surface area contributed by atoms with Gasteiger partial charge < -0.3 is 0 Å². The molecule has 0 N–H and O–H groups in total. The number of benzene rings is 1. The van der Waals surface area contributed by atoms with Gasteiger partial charge in [0.15, 0.2) is 0 Å². The van der Waals surface area contributed by atoms with Gasteiger partial charge in [0, 0.05) is 12.0 Å². The normalized spacial score (nSPS) is 12.4. The zero-order valence-electron chi connectivity index (χ0n) is 10.2. The van der Waals surface area contributed by atoms with Crippen LogP contribution in [0.4, 0.5) is 13.2 Å². The number of rotatable bonds is 5. The zero-order valence-corrected chi connectivity index (χ0v) is 11.0. The van der Waals surface area contributed by atoms with Crippen LogP contribution in [-0.4, -0.2) is 21.2 Å². The smallest absolute Gasteiger partial charge is 0.266 e. The molecule has 0 aromatic heterocycles. The highest BCUT2D eigenvalue weighted by molar-refractivity contribution is 7.86. The molecular formula is C12H13F3O3S. The van der Waals surface area contributed by atoms with Crippen molar-refractivity contribution in [2.75, 3.05) is 6.61 Å². The van der Waals surface area contributed by atoms with E-state index in [0.717, 1.165) is 5.56 Å². The molecule has 0 fully saturated rings. The molecule has 0 radical (unpaired) electrons. The van der Waals surface area contributed by atoms with Crippen LogP contribution in [-0.2, 0) is 14.3 Å². The Kier molecular flexibility index (Phi) is 4.75. The summed E-state index contributed by atoms with van der Waals surface area (Å²) in [6.07, 6.45) is -5.12. The lowest BCUT2D eigenvalue weighted by molar-refractivity contribution is -0.0943. The predicted molar refractivity (Wildman–Crippen MR) is 64.1 cm³/mol. The van der Waals surface area contributed by atoms with Crippen LogP contribution in [0.3, 0.4) is 0 Å². The lowest BCUT2D eigenvalue weighted by Crippen LogP contribution is -2.14. The van der Waals surface area contributed by atoms with E-state index < -0.39 is 34.9 Å². The van der Waals surface area contributed by atoms with Crippen LogP contribution in [0.1, 0.15) is 12.0 Å². The van der Waals surface area contributed by atoms with Crippen LogP contribution < -0.4 is 0 Å². The molecule has 0 heterocycles. The van der Waals surface area contributed by atoms with Crippen LogP contribution in [0.25, 0.3) is 0 Å². The summed E-state index contributed by atoms with van der Waals surface area (Å²) in [5, 5.41) is 0. The van der Waals surface area contributed by atoms with E-state index in [4.69, 9.17) is 0 Å². The van der Waals surface area contributed by atoms with Crippen LogP contribution >= 0.6 is 0 Å². The first-order chi connectivity index (χ1) is 8.63. The van der Waals surface area contributed by atoms with Gasteiger partial charge >= 0.3 is 6.18 Å². The molecule has 0 unspecified atom stereocenters. The third-order valence-corrected chi connectivity index (χ3v) is 3.68. The second-order valence-electron chi connectivity index (χ2n) is 3.94. The lowest BCUT2D eigenvalue weighted by Gasteiger charge is -2.10. The fourth-order valence-electron chi connectivity index (χ4n) is 1.19. The van der Waals surface area contributed by atoms with Crippen molar-refractivity contribution in [2.45, 2.75) is 24.4 Å². The van der Waals surface area contributed by atoms with E-state index in [-0.39, 0.29) is 4.90 Å². The summed E-state index contributed by atoms with van der Waals surface area (Å²) in [5.74, 6) is 0. The first kappa shape index (κ1) is 15.7. The van der Waals surface area contributed by atoms with Crippen LogP contribution in [0.2, 0.25) is 0 Å². The molecule has 0 aliphatic rings. The number of halogens is 3. The minimum atomic E-state index is -4.53. The molecule has 0 saturated heterocycles. The first-order valence-electron chi connectivity index (χ1n) is 5.34. The third kappa shape index (κ3) is 4.68. The van der Waals surface area contributed by atoms with E-state index in [9.17, 15) is 21.6 Å². The highest BCUT2D eigenvalue weighted by atomic mass is 32.2. The fourth-order valence-corrected chi connectivity index (χ4v) is 2.10. The quantitative estimate of drug-likeness (QED) is 0.618. The summed E-state index contributed by atoms with van der Waals surface area (Å²) in [7, 11) is -4.03. The maximum atomic E-state index is 12.1. The predicted octanol–water partition coefficient (Wildman–Crippen LogP) is 3.21. The standard InChI is InChI=1S/C12H13F3O3S/c1-9-3-5-11(6-4-9)19(16,17)18-8-7-10(2)12(13,14)15/h3-6H,2,7-8H2,1H3. The molecule has 0 saturated carbocycles. The van der Waals surface area contributed by atoms with E-state index in [2.05, 4.69) is 10.8 Å². The topological polar surface area (TPSA) is 43.4 Å². The number of hydrogen-bond acceptors (Lipinski definition) is 3. The Morgan fingerprint density at radius 2 is 1.79 bits per heavy atom. The number of aryl methyl sites for hydroxylation is 1. The zero-order chi connectivity index (χ0) is 14.7. The average molecular weight is 294 g/mol. The Morgan fingerprint density at radius 3 is 2.26 bits per heavy atom. The maximum absolute atomic E-state index is 12.1. The van der Waals surface area contributed by atoms with Crippen LogP contribution in [0, 0.1) is 6.92 Å². The molecule has 0 aliphatic carbocycles. The van der Waals surface area contributed by atoms with Gasteiger partial charge in [0.25, 0.3) is 10.1 Å². The molecule has 106 valence electrons. The SMILES string of the molecule is C=C(CCOS(=O)(=O)c1ccc(C)cc1)C(F)(F)F. The molecule has 0 aliphatic heterocycles. The Labute approximate surface area is 109 Å². The van der Waals surface area contributed by atoms with E-state index in [0.29, 0.717) is 0 Å². The number of hydrogen-bond donors (Lipinski definition) is 0. The van der Waals surface area contributed by atoms with Crippen molar-refractivity contribution in [2.24, 2.45) is 0 Å². The van der Waals surface area contributed by atoms with Gasteiger partial charge in [-0.1, -0.05) is 24.3 Å². The molecule has 0 bridgehead atoms. The highest BCUT2D eigenvalue weighted by Crippen LogP contribution is 2.26. The second-order valence-corrected chi connectivity index (χ2v) is 5.56. The van der Waals surface area contributed by atoms with Crippen molar-refractivity contribution in [3.05, 3.63) is 42.0 Å². The van der Waals surface area contributed by atoms with Gasteiger partial charge in [-0.3, -0.25) is 4.18 Å². The summed E-state index contributed by atoms with van der Waals surface area (Å²) < 4.78 is 64.2. The average Bonchev–Trinajstić information content (AvgIpc) is 2.28. The number of alkyl halides is 3. The van der Waals surface area contributed by atoms with E-state index in [1.807, 2.05) is 0 Å². The van der Waals surface area contributed by atoms with E-state index in [1.54, 1.807) is 19.1 Å². The van der Waals surface area contributed by atoms with Crippen molar-refractivity contribution >= 4 is 10.1 Å². The molecule has 1 aromatic carbocycles. The van der Waals surface area contributed by atoms with E-state index in [1.165, 1.54) is 12.1 Å². The lowest BCUT2D eigenvalue weighted by atomic mass is 10.2. The summed E-state index contributed by atoms with van der Waals surface area (Å²) in [6.45, 7) is 4.02. The second kappa shape index (κ2) is 5.75. The van der Waals surface area contributed by atoms with Gasteiger partial charge in [-0.25, -0.2) is 0 Å². The summed E-state index contributed by atoms with van der Waals surface area (Å²) in [6, 6.07) is 5.82.